The number of primary amides is 1. The van der Waals surface area contributed by atoms with Crippen molar-refractivity contribution in [2.45, 2.75) is 25.3 Å². The summed E-state index contributed by atoms with van der Waals surface area (Å²) in [6.45, 7) is 0. The van der Waals surface area contributed by atoms with E-state index in [0.717, 1.165) is 19.3 Å². The zero-order valence-electron chi connectivity index (χ0n) is 9.39. The standard InChI is InChI=1S/C12H14N4O/c13-6-8-4-5-11(15-7-8)16-10-3-1-2-9(10)12(14)17/h4-5,7,9-10H,1-3H2,(H2,14,17)(H,15,16)/t9-,10+/m1/s1. The van der Waals surface area contributed by atoms with Crippen molar-refractivity contribution in [1.29, 1.82) is 5.26 Å². The van der Waals surface area contributed by atoms with Crippen LogP contribution in [0.2, 0.25) is 0 Å². The van der Waals surface area contributed by atoms with Gasteiger partial charge in [0.05, 0.1) is 11.5 Å². The van der Waals surface area contributed by atoms with Crippen LogP contribution in [0.5, 0.6) is 0 Å². The van der Waals surface area contributed by atoms with Crippen LogP contribution in [-0.4, -0.2) is 16.9 Å². The molecule has 2 atom stereocenters. The van der Waals surface area contributed by atoms with E-state index < -0.39 is 0 Å². The van der Waals surface area contributed by atoms with Crippen molar-refractivity contribution < 1.29 is 4.79 Å². The van der Waals surface area contributed by atoms with Gasteiger partial charge >= 0.3 is 0 Å². The fourth-order valence-electron chi connectivity index (χ4n) is 2.21. The van der Waals surface area contributed by atoms with Gasteiger partial charge in [-0.25, -0.2) is 4.98 Å². The lowest BCUT2D eigenvalue weighted by molar-refractivity contribution is -0.121. The predicted octanol–water partition coefficient (Wildman–Crippen LogP) is 1.02. The van der Waals surface area contributed by atoms with Crippen molar-refractivity contribution in [3.05, 3.63) is 23.9 Å². The SMILES string of the molecule is N#Cc1ccc(N[C@H]2CCC[C@H]2C(N)=O)nc1. The highest BCUT2D eigenvalue weighted by atomic mass is 16.1. The number of nitriles is 1. The van der Waals surface area contributed by atoms with E-state index >= 15 is 0 Å². The maximum absolute atomic E-state index is 11.2. The van der Waals surface area contributed by atoms with E-state index in [2.05, 4.69) is 10.3 Å². The Labute approximate surface area is 99.6 Å². The van der Waals surface area contributed by atoms with Crippen molar-refractivity contribution in [3.8, 4) is 6.07 Å². The molecule has 0 radical (unpaired) electrons. The molecule has 1 heterocycles. The van der Waals surface area contributed by atoms with Crippen LogP contribution >= 0.6 is 0 Å². The number of nitrogens with zero attached hydrogens (tertiary/aromatic N) is 2. The topological polar surface area (TPSA) is 91.8 Å². The molecule has 1 aromatic heterocycles. The number of hydrogen-bond acceptors (Lipinski definition) is 4. The number of rotatable bonds is 3. The second-order valence-electron chi connectivity index (χ2n) is 4.23. The van der Waals surface area contributed by atoms with Gasteiger partial charge in [0, 0.05) is 12.2 Å². The van der Waals surface area contributed by atoms with Crippen molar-refractivity contribution in [1.82, 2.24) is 4.98 Å². The quantitative estimate of drug-likeness (QED) is 0.810. The molecule has 88 valence electrons. The molecule has 17 heavy (non-hydrogen) atoms. The second kappa shape index (κ2) is 4.83. The van der Waals surface area contributed by atoms with Crippen LogP contribution in [0, 0.1) is 17.2 Å². The van der Waals surface area contributed by atoms with E-state index in [9.17, 15) is 4.79 Å². The first-order chi connectivity index (χ1) is 8.20. The van der Waals surface area contributed by atoms with E-state index in [0.29, 0.717) is 11.4 Å². The van der Waals surface area contributed by atoms with Gasteiger partial charge in [0.25, 0.3) is 0 Å². The summed E-state index contributed by atoms with van der Waals surface area (Å²) in [6, 6.07) is 5.52. The zero-order valence-corrected chi connectivity index (χ0v) is 9.39. The van der Waals surface area contributed by atoms with E-state index in [1.54, 1.807) is 12.1 Å². The number of hydrogen-bond donors (Lipinski definition) is 2. The third-order valence-corrected chi connectivity index (χ3v) is 3.11. The van der Waals surface area contributed by atoms with Crippen LogP contribution in [0.4, 0.5) is 5.82 Å². The Hall–Kier alpha value is -2.09. The highest BCUT2D eigenvalue weighted by molar-refractivity contribution is 5.78. The summed E-state index contributed by atoms with van der Waals surface area (Å²) in [5, 5.41) is 11.9. The average molecular weight is 230 g/mol. The lowest BCUT2D eigenvalue weighted by atomic mass is 10.0. The minimum atomic E-state index is -0.256. The van der Waals surface area contributed by atoms with Crippen LogP contribution in [0.3, 0.4) is 0 Å². The van der Waals surface area contributed by atoms with Gasteiger partial charge in [-0.1, -0.05) is 6.42 Å². The largest absolute Gasteiger partial charge is 0.369 e. The van der Waals surface area contributed by atoms with Gasteiger partial charge in [0.2, 0.25) is 5.91 Å². The maximum Gasteiger partial charge on any atom is 0.222 e. The summed E-state index contributed by atoms with van der Waals surface area (Å²) in [6.07, 6.45) is 4.27. The number of carbonyl (C=O) groups is 1. The first-order valence-electron chi connectivity index (χ1n) is 5.62. The first kappa shape index (κ1) is 11.4. The van der Waals surface area contributed by atoms with Crippen molar-refractivity contribution in [2.75, 3.05) is 5.32 Å². The zero-order chi connectivity index (χ0) is 12.3. The predicted molar refractivity (Wildman–Crippen MR) is 62.9 cm³/mol. The first-order valence-corrected chi connectivity index (χ1v) is 5.62. The van der Waals surface area contributed by atoms with Gasteiger partial charge in [-0.15, -0.1) is 0 Å². The Morgan fingerprint density at radius 1 is 1.53 bits per heavy atom. The highest BCUT2D eigenvalue weighted by Crippen LogP contribution is 2.27. The van der Waals surface area contributed by atoms with Crippen LogP contribution < -0.4 is 11.1 Å². The van der Waals surface area contributed by atoms with Crippen LogP contribution in [0.1, 0.15) is 24.8 Å². The van der Waals surface area contributed by atoms with E-state index in [-0.39, 0.29) is 17.9 Å². The highest BCUT2D eigenvalue weighted by Gasteiger charge is 2.31. The second-order valence-corrected chi connectivity index (χ2v) is 4.23. The molecule has 0 aliphatic heterocycles. The summed E-state index contributed by atoms with van der Waals surface area (Å²) in [5.41, 5.74) is 5.87. The molecule has 1 aliphatic carbocycles. The van der Waals surface area contributed by atoms with Gasteiger partial charge in [-0.3, -0.25) is 4.79 Å². The molecule has 1 fully saturated rings. The molecule has 5 nitrogen and oxygen atoms in total. The Balaban J connectivity index is 2.05. The molecule has 1 aromatic rings. The van der Waals surface area contributed by atoms with Gasteiger partial charge in [-0.05, 0) is 25.0 Å². The Morgan fingerprint density at radius 2 is 2.35 bits per heavy atom. The Kier molecular flexibility index (Phi) is 3.24. The summed E-state index contributed by atoms with van der Waals surface area (Å²) >= 11 is 0. The Morgan fingerprint density at radius 3 is 2.94 bits per heavy atom. The number of carbonyl (C=O) groups excluding carboxylic acids is 1. The number of pyridine rings is 1. The van der Waals surface area contributed by atoms with Gasteiger partial charge in [0.1, 0.15) is 11.9 Å². The van der Waals surface area contributed by atoms with Crippen LogP contribution in [0.15, 0.2) is 18.3 Å². The molecular weight excluding hydrogens is 216 g/mol. The molecule has 1 aliphatic rings. The number of nitrogens with one attached hydrogen (secondary N) is 1. The molecular formula is C12H14N4O. The Bertz CT molecular complexity index is 449. The summed E-state index contributed by atoms with van der Waals surface area (Å²) in [7, 11) is 0. The molecule has 0 unspecified atom stereocenters. The molecule has 1 saturated carbocycles. The molecule has 1 amide bonds. The van der Waals surface area contributed by atoms with Crippen molar-refractivity contribution in [3.63, 3.8) is 0 Å². The van der Waals surface area contributed by atoms with E-state index in [4.69, 9.17) is 11.0 Å². The summed E-state index contributed by atoms with van der Waals surface area (Å²) < 4.78 is 0. The van der Waals surface area contributed by atoms with Gasteiger partial charge in [-0.2, -0.15) is 5.26 Å². The number of aromatic nitrogens is 1. The molecule has 2 rings (SSSR count). The molecule has 0 aromatic carbocycles. The summed E-state index contributed by atoms with van der Waals surface area (Å²) in [4.78, 5) is 15.3. The molecule has 0 spiro atoms. The van der Waals surface area contributed by atoms with Gasteiger partial charge in [0.15, 0.2) is 0 Å². The van der Waals surface area contributed by atoms with Crippen molar-refractivity contribution >= 4 is 11.7 Å². The third kappa shape index (κ3) is 2.53. The molecule has 0 bridgehead atoms. The van der Waals surface area contributed by atoms with Crippen molar-refractivity contribution in [2.24, 2.45) is 11.7 Å². The van der Waals surface area contributed by atoms with E-state index in [1.807, 2.05) is 6.07 Å². The number of nitrogens with two attached hydrogens (primary N) is 1. The fraction of sp³-hybridized carbons (Fsp3) is 0.417. The normalized spacial score (nSPS) is 23.0. The monoisotopic (exact) mass is 230 g/mol. The minimum Gasteiger partial charge on any atom is -0.369 e. The average Bonchev–Trinajstić information content (AvgIpc) is 2.78. The third-order valence-electron chi connectivity index (χ3n) is 3.11. The molecule has 5 heteroatoms. The minimum absolute atomic E-state index is 0.0629. The summed E-state index contributed by atoms with van der Waals surface area (Å²) in [5.74, 6) is 0.309. The maximum atomic E-state index is 11.2. The van der Waals surface area contributed by atoms with Crippen LogP contribution in [-0.2, 0) is 4.79 Å². The number of anilines is 1. The van der Waals surface area contributed by atoms with E-state index in [1.165, 1.54) is 6.20 Å². The lowest BCUT2D eigenvalue weighted by Crippen LogP contribution is -2.34. The van der Waals surface area contributed by atoms with Gasteiger partial charge < -0.3 is 11.1 Å². The number of amides is 1. The molecule has 0 saturated heterocycles. The molecule has 3 N–H and O–H groups in total. The fourth-order valence-corrected chi connectivity index (χ4v) is 2.21. The lowest BCUT2D eigenvalue weighted by Gasteiger charge is -2.18. The smallest absolute Gasteiger partial charge is 0.222 e. The van der Waals surface area contributed by atoms with Crippen LogP contribution in [0.25, 0.3) is 0 Å².